The molecule has 1 aliphatic rings. The minimum Gasteiger partial charge on any atom is -0.494 e. The summed E-state index contributed by atoms with van der Waals surface area (Å²) < 4.78 is 5.67. The molecule has 21 heavy (non-hydrogen) atoms. The van der Waals surface area contributed by atoms with Crippen molar-refractivity contribution in [1.29, 1.82) is 0 Å². The Labute approximate surface area is 127 Å². The quantitative estimate of drug-likeness (QED) is 0.748. The van der Waals surface area contributed by atoms with Crippen LogP contribution in [0.4, 0.5) is 0 Å². The molecule has 0 bridgehead atoms. The van der Waals surface area contributed by atoms with E-state index in [1.165, 1.54) is 0 Å². The molecule has 1 amide bonds. The second-order valence-corrected chi connectivity index (χ2v) is 5.49. The fraction of sp³-hybridized carbons (Fsp3) is 0.588. The van der Waals surface area contributed by atoms with Crippen LogP contribution in [0.2, 0.25) is 0 Å². The molecule has 1 unspecified atom stereocenters. The Hall–Kier alpha value is -1.55. The number of nitrogens with zero attached hydrogens (tertiary/aromatic N) is 1. The molecule has 0 radical (unpaired) electrons. The van der Waals surface area contributed by atoms with E-state index in [-0.39, 0.29) is 11.9 Å². The molecule has 1 saturated heterocycles. The summed E-state index contributed by atoms with van der Waals surface area (Å²) in [5.41, 5.74) is 0. The zero-order valence-corrected chi connectivity index (χ0v) is 12.9. The van der Waals surface area contributed by atoms with Crippen LogP contribution in [-0.4, -0.2) is 43.1 Å². The summed E-state index contributed by atoms with van der Waals surface area (Å²) in [6.07, 6.45) is 4.00. The van der Waals surface area contributed by atoms with E-state index in [2.05, 4.69) is 12.2 Å². The van der Waals surface area contributed by atoms with Crippen molar-refractivity contribution in [3.05, 3.63) is 30.3 Å². The van der Waals surface area contributed by atoms with Crippen LogP contribution < -0.4 is 10.1 Å². The number of likely N-dealkylation sites (tertiary alicyclic amines) is 1. The maximum Gasteiger partial charge on any atom is 0.239 e. The predicted octanol–water partition coefficient (Wildman–Crippen LogP) is 2.45. The summed E-state index contributed by atoms with van der Waals surface area (Å²) in [4.78, 5) is 14.3. The molecule has 4 heteroatoms. The highest BCUT2D eigenvalue weighted by molar-refractivity contribution is 5.82. The number of hydrogen-bond acceptors (Lipinski definition) is 3. The van der Waals surface area contributed by atoms with Crippen molar-refractivity contribution in [2.24, 2.45) is 0 Å². The van der Waals surface area contributed by atoms with Crippen LogP contribution in [0.5, 0.6) is 5.75 Å². The van der Waals surface area contributed by atoms with E-state index in [9.17, 15) is 4.79 Å². The number of carbonyl (C=O) groups excluding carboxylic acids is 1. The van der Waals surface area contributed by atoms with Gasteiger partial charge in [0.25, 0.3) is 0 Å². The molecule has 1 heterocycles. The van der Waals surface area contributed by atoms with Crippen LogP contribution in [0.1, 0.15) is 32.6 Å². The number of rotatable bonds is 8. The number of benzene rings is 1. The van der Waals surface area contributed by atoms with E-state index in [4.69, 9.17) is 4.74 Å². The average molecular weight is 290 g/mol. The van der Waals surface area contributed by atoms with Crippen LogP contribution in [-0.2, 0) is 4.79 Å². The molecule has 1 aliphatic heterocycles. The van der Waals surface area contributed by atoms with Gasteiger partial charge in [-0.05, 0) is 44.4 Å². The van der Waals surface area contributed by atoms with Gasteiger partial charge in [-0.25, -0.2) is 0 Å². The smallest absolute Gasteiger partial charge is 0.239 e. The van der Waals surface area contributed by atoms with Crippen LogP contribution in [0.3, 0.4) is 0 Å². The monoisotopic (exact) mass is 290 g/mol. The van der Waals surface area contributed by atoms with Crippen molar-refractivity contribution >= 4 is 5.91 Å². The molecular weight excluding hydrogens is 264 g/mol. The van der Waals surface area contributed by atoms with E-state index in [0.29, 0.717) is 6.61 Å². The molecule has 4 nitrogen and oxygen atoms in total. The highest BCUT2D eigenvalue weighted by Crippen LogP contribution is 2.13. The zero-order valence-electron chi connectivity index (χ0n) is 12.9. The minimum atomic E-state index is 0.0220. The Morgan fingerprint density at radius 3 is 2.90 bits per heavy atom. The van der Waals surface area contributed by atoms with Crippen molar-refractivity contribution in [2.45, 2.75) is 38.6 Å². The van der Waals surface area contributed by atoms with E-state index in [1.807, 2.05) is 35.2 Å². The van der Waals surface area contributed by atoms with Gasteiger partial charge in [-0.2, -0.15) is 0 Å². The number of piperidine rings is 1. The van der Waals surface area contributed by atoms with Crippen LogP contribution in [0.15, 0.2) is 30.3 Å². The summed E-state index contributed by atoms with van der Waals surface area (Å²) in [6.45, 7) is 5.37. The van der Waals surface area contributed by atoms with Gasteiger partial charge in [0.15, 0.2) is 0 Å². The van der Waals surface area contributed by atoms with Gasteiger partial charge in [-0.1, -0.05) is 25.1 Å². The maximum atomic E-state index is 12.3. The molecule has 1 N–H and O–H groups in total. The second-order valence-electron chi connectivity index (χ2n) is 5.49. The summed E-state index contributed by atoms with van der Waals surface area (Å²) in [7, 11) is 0. The summed E-state index contributed by atoms with van der Waals surface area (Å²) in [6, 6.07) is 9.84. The second kappa shape index (κ2) is 8.67. The molecule has 0 saturated carbocycles. The number of para-hydroxylation sites is 1. The summed E-state index contributed by atoms with van der Waals surface area (Å²) >= 11 is 0. The first-order valence-corrected chi connectivity index (χ1v) is 8.01. The highest BCUT2D eigenvalue weighted by Gasteiger charge is 2.27. The van der Waals surface area contributed by atoms with E-state index < -0.39 is 0 Å². The molecule has 116 valence electrons. The van der Waals surface area contributed by atoms with Crippen molar-refractivity contribution in [2.75, 3.05) is 26.2 Å². The first kappa shape index (κ1) is 15.8. The van der Waals surface area contributed by atoms with Gasteiger partial charge in [0.05, 0.1) is 12.6 Å². The van der Waals surface area contributed by atoms with Gasteiger partial charge in [0.2, 0.25) is 5.91 Å². The standard InChI is InChI=1S/C17H26N2O2/c1-2-11-18-16-10-6-12-19(17(16)20)13-7-14-21-15-8-4-3-5-9-15/h3-5,8-9,16,18H,2,6-7,10-14H2,1H3. The van der Waals surface area contributed by atoms with E-state index >= 15 is 0 Å². The summed E-state index contributed by atoms with van der Waals surface area (Å²) in [5, 5.41) is 3.34. The topological polar surface area (TPSA) is 41.6 Å². The summed E-state index contributed by atoms with van der Waals surface area (Å²) in [5.74, 6) is 1.15. The number of hydrogen-bond donors (Lipinski definition) is 1. The lowest BCUT2D eigenvalue weighted by atomic mass is 10.0. The van der Waals surface area contributed by atoms with Gasteiger partial charge in [-0.15, -0.1) is 0 Å². The third-order valence-electron chi connectivity index (χ3n) is 3.76. The highest BCUT2D eigenvalue weighted by atomic mass is 16.5. The van der Waals surface area contributed by atoms with Crippen LogP contribution in [0, 0.1) is 0 Å². The fourth-order valence-electron chi connectivity index (χ4n) is 2.63. The molecule has 1 aromatic carbocycles. The fourth-order valence-corrected chi connectivity index (χ4v) is 2.63. The van der Waals surface area contributed by atoms with Gasteiger partial charge in [0, 0.05) is 13.1 Å². The van der Waals surface area contributed by atoms with Crippen molar-refractivity contribution in [1.82, 2.24) is 10.2 Å². The Morgan fingerprint density at radius 1 is 1.33 bits per heavy atom. The van der Waals surface area contributed by atoms with Crippen LogP contribution >= 0.6 is 0 Å². The molecule has 0 spiro atoms. The van der Waals surface area contributed by atoms with Crippen molar-refractivity contribution < 1.29 is 9.53 Å². The van der Waals surface area contributed by atoms with Crippen molar-refractivity contribution in [3.8, 4) is 5.75 Å². The normalized spacial score (nSPS) is 18.8. The van der Waals surface area contributed by atoms with E-state index in [0.717, 1.165) is 51.1 Å². The molecule has 2 rings (SSSR count). The number of nitrogens with one attached hydrogen (secondary N) is 1. The zero-order chi connectivity index (χ0) is 14.9. The Bertz CT molecular complexity index is 422. The maximum absolute atomic E-state index is 12.3. The lowest BCUT2D eigenvalue weighted by Crippen LogP contribution is -2.51. The number of carbonyl (C=O) groups is 1. The molecule has 0 aliphatic carbocycles. The third-order valence-corrected chi connectivity index (χ3v) is 3.76. The Balaban J connectivity index is 1.68. The molecular formula is C17H26N2O2. The molecule has 1 aromatic rings. The third kappa shape index (κ3) is 5.05. The van der Waals surface area contributed by atoms with Gasteiger partial charge < -0.3 is 15.0 Å². The average Bonchev–Trinajstić information content (AvgIpc) is 2.53. The van der Waals surface area contributed by atoms with Crippen LogP contribution in [0.25, 0.3) is 0 Å². The SMILES string of the molecule is CCCNC1CCCN(CCCOc2ccccc2)C1=O. The largest absolute Gasteiger partial charge is 0.494 e. The van der Waals surface area contributed by atoms with Gasteiger partial charge in [-0.3, -0.25) is 4.79 Å². The first-order chi connectivity index (χ1) is 10.3. The Morgan fingerprint density at radius 2 is 2.14 bits per heavy atom. The molecule has 0 aromatic heterocycles. The molecule has 1 fully saturated rings. The number of amides is 1. The minimum absolute atomic E-state index is 0.0220. The first-order valence-electron chi connectivity index (χ1n) is 8.01. The Kier molecular flexibility index (Phi) is 6.54. The lowest BCUT2D eigenvalue weighted by molar-refractivity contribution is -0.136. The van der Waals surface area contributed by atoms with Gasteiger partial charge >= 0.3 is 0 Å². The van der Waals surface area contributed by atoms with E-state index in [1.54, 1.807) is 0 Å². The van der Waals surface area contributed by atoms with Gasteiger partial charge in [0.1, 0.15) is 5.75 Å². The number of ether oxygens (including phenoxy) is 1. The van der Waals surface area contributed by atoms with Crippen molar-refractivity contribution in [3.63, 3.8) is 0 Å². The molecule has 1 atom stereocenters. The lowest BCUT2D eigenvalue weighted by Gasteiger charge is -2.32. The predicted molar refractivity (Wildman–Crippen MR) is 84.4 cm³/mol.